The van der Waals surface area contributed by atoms with Crippen molar-refractivity contribution in [3.8, 4) is 0 Å². The van der Waals surface area contributed by atoms with Crippen molar-refractivity contribution in [3.63, 3.8) is 0 Å². The number of nitrogens with two attached hydrogens (primary N) is 1. The number of morpholine rings is 1. The predicted octanol–water partition coefficient (Wildman–Crippen LogP) is -1.55. The average Bonchev–Trinajstić information content (AvgIpc) is 2.49. The number of amides is 2. The summed E-state index contributed by atoms with van der Waals surface area (Å²) in [5, 5.41) is 12.8. The number of aliphatic hydroxyl groups is 1. The van der Waals surface area contributed by atoms with Crippen molar-refractivity contribution in [2.24, 2.45) is 11.7 Å². The zero-order valence-electron chi connectivity index (χ0n) is 11.6. The standard InChI is InChI=1S/C13H23N3O4/c14-10(8-9-2-1-3-15-12(9)18)11(17)13(19)16-4-6-20-7-5-16/h9-11,17H,1-8,14H2,(H,15,18)/t9-,10?,11?/m0/s1. The minimum Gasteiger partial charge on any atom is -0.382 e. The van der Waals surface area contributed by atoms with E-state index in [-0.39, 0.29) is 17.7 Å². The van der Waals surface area contributed by atoms with Gasteiger partial charge in [0.05, 0.1) is 13.2 Å². The summed E-state index contributed by atoms with van der Waals surface area (Å²) in [5.74, 6) is -0.597. The molecule has 114 valence electrons. The summed E-state index contributed by atoms with van der Waals surface area (Å²) in [7, 11) is 0. The van der Waals surface area contributed by atoms with Crippen LogP contribution in [-0.4, -0.2) is 66.8 Å². The van der Waals surface area contributed by atoms with Gasteiger partial charge in [0.15, 0.2) is 0 Å². The van der Waals surface area contributed by atoms with Crippen LogP contribution in [0.15, 0.2) is 0 Å². The highest BCUT2D eigenvalue weighted by Crippen LogP contribution is 2.18. The van der Waals surface area contributed by atoms with E-state index in [1.165, 1.54) is 0 Å². The second-order valence-corrected chi connectivity index (χ2v) is 5.41. The van der Waals surface area contributed by atoms with Crippen molar-refractivity contribution in [3.05, 3.63) is 0 Å². The molecule has 0 bridgehead atoms. The van der Waals surface area contributed by atoms with Gasteiger partial charge in [-0.05, 0) is 19.3 Å². The van der Waals surface area contributed by atoms with Crippen LogP contribution < -0.4 is 11.1 Å². The lowest BCUT2D eigenvalue weighted by molar-refractivity contribution is -0.146. The molecule has 7 heteroatoms. The molecule has 0 aliphatic carbocycles. The summed E-state index contributed by atoms with van der Waals surface area (Å²) in [6, 6.07) is -0.709. The number of hydrogen-bond donors (Lipinski definition) is 3. The third kappa shape index (κ3) is 3.68. The molecule has 2 fully saturated rings. The molecule has 2 saturated heterocycles. The molecule has 2 heterocycles. The van der Waals surface area contributed by atoms with Gasteiger partial charge in [-0.1, -0.05) is 0 Å². The molecule has 0 aromatic heterocycles. The van der Waals surface area contributed by atoms with Crippen molar-refractivity contribution >= 4 is 11.8 Å². The molecule has 3 atom stereocenters. The largest absolute Gasteiger partial charge is 0.382 e. The lowest BCUT2D eigenvalue weighted by atomic mass is 9.89. The molecule has 4 N–H and O–H groups in total. The van der Waals surface area contributed by atoms with E-state index in [1.807, 2.05) is 0 Å². The Bertz CT molecular complexity index is 358. The Hall–Kier alpha value is -1.18. The molecule has 0 aromatic rings. The summed E-state index contributed by atoms with van der Waals surface area (Å²) < 4.78 is 5.17. The van der Waals surface area contributed by atoms with Gasteiger partial charge >= 0.3 is 0 Å². The van der Waals surface area contributed by atoms with E-state index in [4.69, 9.17) is 10.5 Å². The normalized spacial score (nSPS) is 26.8. The van der Waals surface area contributed by atoms with Crippen LogP contribution in [0.5, 0.6) is 0 Å². The van der Waals surface area contributed by atoms with Gasteiger partial charge in [-0.2, -0.15) is 0 Å². The summed E-state index contributed by atoms with van der Waals surface area (Å²) in [5.41, 5.74) is 5.91. The van der Waals surface area contributed by atoms with E-state index in [0.29, 0.717) is 39.3 Å². The second kappa shape index (κ2) is 7.01. The number of hydrogen-bond acceptors (Lipinski definition) is 5. The Kier molecular flexibility index (Phi) is 5.33. The first-order valence-electron chi connectivity index (χ1n) is 7.17. The number of carbonyl (C=O) groups excluding carboxylic acids is 2. The molecule has 2 rings (SSSR count). The van der Waals surface area contributed by atoms with Gasteiger partial charge < -0.3 is 25.8 Å². The Morgan fingerprint density at radius 1 is 1.50 bits per heavy atom. The van der Waals surface area contributed by atoms with Gasteiger partial charge in [-0.25, -0.2) is 0 Å². The molecule has 0 saturated carbocycles. The Morgan fingerprint density at radius 2 is 2.20 bits per heavy atom. The maximum atomic E-state index is 12.1. The minimum atomic E-state index is -1.25. The number of ether oxygens (including phenoxy) is 1. The molecule has 2 aliphatic rings. The van der Waals surface area contributed by atoms with Gasteiger partial charge in [-0.3, -0.25) is 9.59 Å². The minimum absolute atomic E-state index is 0.0299. The second-order valence-electron chi connectivity index (χ2n) is 5.41. The first-order valence-corrected chi connectivity index (χ1v) is 7.17. The molecule has 0 spiro atoms. The highest BCUT2D eigenvalue weighted by Gasteiger charge is 2.32. The van der Waals surface area contributed by atoms with Crippen molar-refractivity contribution in [2.45, 2.75) is 31.4 Å². The molecule has 2 amide bonds. The van der Waals surface area contributed by atoms with Crippen LogP contribution in [0.3, 0.4) is 0 Å². The van der Waals surface area contributed by atoms with E-state index in [1.54, 1.807) is 4.90 Å². The lowest BCUT2D eigenvalue weighted by Gasteiger charge is -2.31. The summed E-state index contributed by atoms with van der Waals surface area (Å²) >= 11 is 0. The number of nitrogens with one attached hydrogen (secondary N) is 1. The van der Waals surface area contributed by atoms with Crippen molar-refractivity contribution in [2.75, 3.05) is 32.8 Å². The van der Waals surface area contributed by atoms with Gasteiger partial charge in [0.1, 0.15) is 6.10 Å². The van der Waals surface area contributed by atoms with Crippen LogP contribution in [0.4, 0.5) is 0 Å². The zero-order valence-corrected chi connectivity index (χ0v) is 11.6. The number of piperidine rings is 1. The third-order valence-corrected chi connectivity index (χ3v) is 3.94. The molecular formula is C13H23N3O4. The molecular weight excluding hydrogens is 262 g/mol. The lowest BCUT2D eigenvalue weighted by Crippen LogP contribution is -2.52. The first-order chi connectivity index (χ1) is 9.59. The van der Waals surface area contributed by atoms with E-state index >= 15 is 0 Å². The fourth-order valence-corrected chi connectivity index (χ4v) is 2.67. The quantitative estimate of drug-likeness (QED) is 0.580. The van der Waals surface area contributed by atoms with Gasteiger partial charge in [0, 0.05) is 31.6 Å². The average molecular weight is 285 g/mol. The van der Waals surface area contributed by atoms with Crippen LogP contribution in [0.1, 0.15) is 19.3 Å². The summed E-state index contributed by atoms with van der Waals surface area (Å²) in [4.78, 5) is 25.3. The maximum Gasteiger partial charge on any atom is 0.253 e. The topological polar surface area (TPSA) is 105 Å². The maximum absolute atomic E-state index is 12.1. The zero-order chi connectivity index (χ0) is 14.5. The smallest absolute Gasteiger partial charge is 0.253 e. The van der Waals surface area contributed by atoms with E-state index in [9.17, 15) is 14.7 Å². The SMILES string of the molecule is NC(C[C@@H]1CCCNC1=O)C(O)C(=O)N1CCOCC1. The molecule has 2 aliphatic heterocycles. The highest BCUT2D eigenvalue weighted by molar-refractivity contribution is 5.82. The number of rotatable bonds is 4. The summed E-state index contributed by atoms with van der Waals surface area (Å²) in [6.07, 6.45) is 0.764. The fourth-order valence-electron chi connectivity index (χ4n) is 2.67. The van der Waals surface area contributed by atoms with Gasteiger partial charge in [0.2, 0.25) is 5.91 Å². The van der Waals surface area contributed by atoms with Crippen LogP contribution in [0, 0.1) is 5.92 Å². The van der Waals surface area contributed by atoms with E-state index in [2.05, 4.69) is 5.32 Å². The number of carbonyl (C=O) groups is 2. The predicted molar refractivity (Wildman–Crippen MR) is 71.7 cm³/mol. The Balaban J connectivity index is 1.85. The van der Waals surface area contributed by atoms with Crippen LogP contribution in [-0.2, 0) is 14.3 Å². The molecule has 20 heavy (non-hydrogen) atoms. The Morgan fingerprint density at radius 3 is 2.85 bits per heavy atom. The van der Waals surface area contributed by atoms with Gasteiger partial charge in [-0.15, -0.1) is 0 Å². The summed E-state index contributed by atoms with van der Waals surface area (Å²) in [6.45, 7) is 2.62. The molecule has 0 radical (unpaired) electrons. The van der Waals surface area contributed by atoms with Crippen LogP contribution >= 0.6 is 0 Å². The highest BCUT2D eigenvalue weighted by atomic mass is 16.5. The number of aliphatic hydroxyl groups excluding tert-OH is 1. The van der Waals surface area contributed by atoms with Crippen molar-refractivity contribution < 1.29 is 19.4 Å². The number of nitrogens with zero attached hydrogens (tertiary/aromatic N) is 1. The van der Waals surface area contributed by atoms with Crippen molar-refractivity contribution in [1.82, 2.24) is 10.2 Å². The Labute approximate surface area is 118 Å². The fraction of sp³-hybridized carbons (Fsp3) is 0.846. The third-order valence-electron chi connectivity index (χ3n) is 3.94. The van der Waals surface area contributed by atoms with E-state index < -0.39 is 12.1 Å². The van der Waals surface area contributed by atoms with Crippen molar-refractivity contribution in [1.29, 1.82) is 0 Å². The van der Waals surface area contributed by atoms with Crippen LogP contribution in [0.2, 0.25) is 0 Å². The van der Waals surface area contributed by atoms with Crippen LogP contribution in [0.25, 0.3) is 0 Å². The van der Waals surface area contributed by atoms with E-state index in [0.717, 1.165) is 12.8 Å². The molecule has 2 unspecified atom stereocenters. The molecule has 7 nitrogen and oxygen atoms in total. The first kappa shape index (κ1) is 15.2. The monoisotopic (exact) mass is 285 g/mol. The van der Waals surface area contributed by atoms with Gasteiger partial charge in [0.25, 0.3) is 5.91 Å². The molecule has 0 aromatic carbocycles.